The Hall–Kier alpha value is -2.54. The quantitative estimate of drug-likeness (QED) is 0.523. The number of hydrogen-bond acceptors (Lipinski definition) is 4. The van der Waals surface area contributed by atoms with E-state index in [0.717, 1.165) is 31.7 Å². The predicted molar refractivity (Wildman–Crippen MR) is 146 cm³/mol. The normalized spacial score (nSPS) is 32.8. The Bertz CT molecular complexity index is 1230. The number of hydrogen-bond donors (Lipinski definition) is 3. The molecule has 3 aliphatic rings. The van der Waals surface area contributed by atoms with Gasteiger partial charge in [-0.2, -0.15) is 0 Å². The number of aromatic amines is 1. The van der Waals surface area contributed by atoms with E-state index in [1.807, 2.05) is 12.1 Å². The molecule has 202 valence electrons. The van der Waals surface area contributed by atoms with Crippen LogP contribution in [0.25, 0.3) is 0 Å². The van der Waals surface area contributed by atoms with Gasteiger partial charge in [0.25, 0.3) is 11.5 Å². The molecular formula is C30H44N4O3. The summed E-state index contributed by atoms with van der Waals surface area (Å²) in [5, 5.41) is 16.6. The minimum absolute atomic E-state index is 0.0227. The zero-order chi connectivity index (χ0) is 26.7. The number of likely N-dealkylation sites (tertiary alicyclic amines) is 1. The van der Waals surface area contributed by atoms with Gasteiger partial charge < -0.3 is 10.4 Å². The molecule has 37 heavy (non-hydrogen) atoms. The Balaban J connectivity index is 1.59. The lowest BCUT2D eigenvalue weighted by Gasteiger charge is -2.59. The first-order valence-electron chi connectivity index (χ1n) is 14.1. The van der Waals surface area contributed by atoms with Gasteiger partial charge in [-0.15, -0.1) is 0 Å². The summed E-state index contributed by atoms with van der Waals surface area (Å²) < 4.78 is 1.52. The fraction of sp³-hybridized carbons (Fsp3) is 0.667. The van der Waals surface area contributed by atoms with Crippen molar-refractivity contribution in [2.45, 2.75) is 84.2 Å². The molecular weight excluding hydrogens is 464 g/mol. The molecule has 0 radical (unpaired) electrons. The second kappa shape index (κ2) is 9.33. The third-order valence-electron chi connectivity index (χ3n) is 10.3. The monoisotopic (exact) mass is 508 g/mol. The number of piperidine rings is 1. The summed E-state index contributed by atoms with van der Waals surface area (Å²) in [6.45, 7) is 13.7. The highest BCUT2D eigenvalue weighted by Crippen LogP contribution is 2.67. The SMILES string of the molecule is CCc1ccc(O)cc1C12CCN(CC3CC3)C(C)C1(C)C[C@H](C)C2C(C)NC(=O)c1cn(C)[nH]c1=O. The van der Waals surface area contributed by atoms with Crippen molar-refractivity contribution in [2.24, 2.45) is 30.2 Å². The average molecular weight is 509 g/mol. The smallest absolute Gasteiger partial charge is 0.276 e. The molecule has 3 fully saturated rings. The maximum Gasteiger partial charge on any atom is 0.276 e. The summed E-state index contributed by atoms with van der Waals surface area (Å²) in [5.74, 6) is 1.35. The van der Waals surface area contributed by atoms with Gasteiger partial charge in [0.05, 0.1) is 0 Å². The number of rotatable bonds is 7. The first-order chi connectivity index (χ1) is 17.5. The van der Waals surface area contributed by atoms with Crippen LogP contribution in [0.15, 0.2) is 29.2 Å². The maximum atomic E-state index is 13.3. The first kappa shape index (κ1) is 26.1. The molecule has 0 bridgehead atoms. The van der Waals surface area contributed by atoms with Crippen LogP contribution in [0.4, 0.5) is 0 Å². The van der Waals surface area contributed by atoms with Gasteiger partial charge in [-0.3, -0.25) is 24.3 Å². The van der Waals surface area contributed by atoms with E-state index in [9.17, 15) is 14.7 Å². The summed E-state index contributed by atoms with van der Waals surface area (Å²) >= 11 is 0. The number of aromatic nitrogens is 2. The van der Waals surface area contributed by atoms with Crippen molar-refractivity contribution in [1.29, 1.82) is 0 Å². The first-order valence-corrected chi connectivity index (χ1v) is 14.1. The molecule has 1 aromatic carbocycles. The molecule has 3 N–H and O–H groups in total. The van der Waals surface area contributed by atoms with E-state index in [0.29, 0.717) is 17.7 Å². The molecule has 2 aliphatic carbocycles. The molecule has 2 aromatic rings. The fourth-order valence-electron chi connectivity index (χ4n) is 8.51. The van der Waals surface area contributed by atoms with Crippen molar-refractivity contribution in [2.75, 3.05) is 13.1 Å². The molecule has 1 aromatic heterocycles. The molecule has 1 saturated heterocycles. The van der Waals surface area contributed by atoms with Crippen LogP contribution in [-0.4, -0.2) is 50.9 Å². The van der Waals surface area contributed by atoms with Gasteiger partial charge in [-0.05, 0) is 98.9 Å². The van der Waals surface area contributed by atoms with Crippen LogP contribution in [0.3, 0.4) is 0 Å². The summed E-state index contributed by atoms with van der Waals surface area (Å²) in [6, 6.07) is 6.16. The Morgan fingerprint density at radius 1 is 1.30 bits per heavy atom. The van der Waals surface area contributed by atoms with Crippen molar-refractivity contribution in [1.82, 2.24) is 20.0 Å². The molecule has 6 atom stereocenters. The summed E-state index contributed by atoms with van der Waals surface area (Å²) in [7, 11) is 1.71. The molecule has 7 nitrogen and oxygen atoms in total. The molecule has 0 spiro atoms. The summed E-state index contributed by atoms with van der Waals surface area (Å²) in [5.41, 5.74) is 2.09. The lowest BCUT2D eigenvalue weighted by Crippen LogP contribution is -2.63. The number of phenols is 1. The number of fused-ring (bicyclic) bond motifs is 1. The van der Waals surface area contributed by atoms with E-state index >= 15 is 0 Å². The molecule has 7 heteroatoms. The maximum absolute atomic E-state index is 13.3. The molecule has 1 amide bonds. The van der Waals surface area contributed by atoms with Gasteiger partial charge in [0.15, 0.2) is 0 Å². The highest BCUT2D eigenvalue weighted by molar-refractivity contribution is 5.93. The number of phenolic OH excluding ortho intramolecular Hbond substituents is 1. The van der Waals surface area contributed by atoms with E-state index in [-0.39, 0.29) is 39.8 Å². The Labute approximate surface area is 220 Å². The van der Waals surface area contributed by atoms with Crippen LogP contribution in [0.5, 0.6) is 5.75 Å². The van der Waals surface area contributed by atoms with E-state index in [1.165, 1.54) is 35.2 Å². The third-order valence-corrected chi connectivity index (χ3v) is 10.3. The molecule has 2 saturated carbocycles. The van der Waals surface area contributed by atoms with Crippen molar-refractivity contribution in [3.8, 4) is 5.75 Å². The predicted octanol–water partition coefficient (Wildman–Crippen LogP) is 4.20. The van der Waals surface area contributed by atoms with E-state index < -0.39 is 0 Å². The topological polar surface area (TPSA) is 90.4 Å². The van der Waals surface area contributed by atoms with Crippen LogP contribution in [0.2, 0.25) is 0 Å². The number of nitrogens with one attached hydrogen (secondary N) is 2. The summed E-state index contributed by atoms with van der Waals surface area (Å²) in [6.07, 6.45) is 7.21. The standard InChI is InChI=1S/C30H44N4O3/c1-7-22-10-11-23(35)14-25(22)30-12-13-34(16-21-8-9-21)20(4)29(30,5)15-18(2)26(30)19(3)31-27(36)24-17-33(6)32-28(24)37/h10-11,14,17-21,26,35H,7-9,12-13,15-16H2,1-6H3,(H,31,36)(H,32,37)/t18-,19?,20?,26?,29?,30?/m0/s1. The minimum atomic E-state index is -0.366. The van der Waals surface area contributed by atoms with Gasteiger partial charge in [-0.1, -0.05) is 26.8 Å². The zero-order valence-corrected chi connectivity index (χ0v) is 23.3. The lowest BCUT2D eigenvalue weighted by molar-refractivity contribution is -0.0401. The Morgan fingerprint density at radius 3 is 2.65 bits per heavy atom. The molecule has 2 heterocycles. The van der Waals surface area contributed by atoms with Crippen LogP contribution in [0.1, 0.15) is 81.8 Å². The fourth-order valence-corrected chi connectivity index (χ4v) is 8.51. The van der Waals surface area contributed by atoms with Crippen LogP contribution < -0.4 is 10.9 Å². The van der Waals surface area contributed by atoms with Gasteiger partial charge in [0.2, 0.25) is 0 Å². The Kier molecular flexibility index (Phi) is 6.58. The Morgan fingerprint density at radius 2 is 2.03 bits per heavy atom. The summed E-state index contributed by atoms with van der Waals surface area (Å²) in [4.78, 5) is 28.3. The van der Waals surface area contributed by atoms with Crippen molar-refractivity contribution >= 4 is 5.91 Å². The number of nitrogens with zero attached hydrogens (tertiary/aromatic N) is 2. The number of H-pyrrole nitrogens is 1. The highest BCUT2D eigenvalue weighted by atomic mass is 16.3. The van der Waals surface area contributed by atoms with E-state index in [1.54, 1.807) is 13.2 Å². The van der Waals surface area contributed by atoms with Crippen molar-refractivity contribution in [3.05, 3.63) is 51.4 Å². The van der Waals surface area contributed by atoms with Crippen LogP contribution in [-0.2, 0) is 18.9 Å². The number of benzene rings is 1. The van der Waals surface area contributed by atoms with Crippen LogP contribution >= 0.6 is 0 Å². The van der Waals surface area contributed by atoms with Crippen molar-refractivity contribution < 1.29 is 9.90 Å². The van der Waals surface area contributed by atoms with E-state index in [2.05, 4.69) is 56.0 Å². The van der Waals surface area contributed by atoms with E-state index in [4.69, 9.17) is 0 Å². The zero-order valence-electron chi connectivity index (χ0n) is 23.3. The molecule has 5 unspecified atom stereocenters. The van der Waals surface area contributed by atoms with Crippen LogP contribution in [0, 0.1) is 23.2 Å². The number of carbonyl (C=O) groups excluding carboxylic acids is 1. The second-order valence-electron chi connectivity index (χ2n) is 12.5. The average Bonchev–Trinajstić information content (AvgIpc) is 3.53. The molecule has 5 rings (SSSR count). The number of aromatic hydroxyl groups is 1. The number of aryl methyl sites for hydroxylation is 2. The van der Waals surface area contributed by atoms with Gasteiger partial charge in [-0.25, -0.2) is 0 Å². The molecule has 1 aliphatic heterocycles. The lowest BCUT2D eigenvalue weighted by atomic mass is 9.51. The number of carbonyl (C=O) groups is 1. The largest absolute Gasteiger partial charge is 0.508 e. The number of amides is 1. The minimum Gasteiger partial charge on any atom is -0.508 e. The van der Waals surface area contributed by atoms with Crippen molar-refractivity contribution in [3.63, 3.8) is 0 Å². The third kappa shape index (κ3) is 4.14. The van der Waals surface area contributed by atoms with Gasteiger partial charge in [0.1, 0.15) is 11.3 Å². The highest BCUT2D eigenvalue weighted by Gasteiger charge is 2.66. The van der Waals surface area contributed by atoms with Gasteiger partial charge in [0, 0.05) is 37.3 Å². The van der Waals surface area contributed by atoms with Gasteiger partial charge >= 0.3 is 0 Å². The second-order valence-corrected chi connectivity index (χ2v) is 12.5.